The first-order valence-electron chi connectivity index (χ1n) is 6.48. The number of hydrogen-bond donors (Lipinski definition) is 1. The number of aliphatic carboxylic acids is 1. The molecule has 1 aromatic heterocycles. The molecular formula is C14H17BrN2O2. The van der Waals surface area contributed by atoms with Gasteiger partial charge >= 0.3 is 5.97 Å². The van der Waals surface area contributed by atoms with Crippen molar-refractivity contribution < 1.29 is 9.90 Å². The van der Waals surface area contributed by atoms with Crippen molar-refractivity contribution in [3.05, 3.63) is 28.5 Å². The van der Waals surface area contributed by atoms with E-state index in [1.165, 1.54) is 0 Å². The molecular weight excluding hydrogens is 308 g/mol. The van der Waals surface area contributed by atoms with Crippen molar-refractivity contribution in [2.45, 2.75) is 39.2 Å². The van der Waals surface area contributed by atoms with Gasteiger partial charge in [0.25, 0.3) is 0 Å². The number of aromatic nitrogens is 2. The highest BCUT2D eigenvalue weighted by Crippen LogP contribution is 2.22. The number of fused-ring (bicyclic) bond motifs is 1. The summed E-state index contributed by atoms with van der Waals surface area (Å²) in [6.45, 7) is 3.05. The van der Waals surface area contributed by atoms with Crippen molar-refractivity contribution >= 4 is 32.9 Å². The van der Waals surface area contributed by atoms with Crippen molar-refractivity contribution in [1.82, 2.24) is 9.55 Å². The van der Waals surface area contributed by atoms with Crippen LogP contribution in [0.3, 0.4) is 0 Å². The highest BCUT2D eigenvalue weighted by molar-refractivity contribution is 9.10. The number of nitrogens with zero attached hydrogens (tertiary/aromatic N) is 2. The molecule has 4 nitrogen and oxygen atoms in total. The number of benzene rings is 1. The van der Waals surface area contributed by atoms with Crippen LogP contribution in [0, 0.1) is 0 Å². The van der Waals surface area contributed by atoms with Crippen LogP contribution in [-0.2, 0) is 17.8 Å². The fraction of sp³-hybridized carbons (Fsp3) is 0.429. The van der Waals surface area contributed by atoms with E-state index in [2.05, 4.69) is 38.5 Å². The quantitative estimate of drug-likeness (QED) is 0.882. The second-order valence-electron chi connectivity index (χ2n) is 4.56. The Kier molecular flexibility index (Phi) is 4.58. The number of imidazole rings is 1. The van der Waals surface area contributed by atoms with Gasteiger partial charge in [-0.2, -0.15) is 0 Å². The molecule has 1 aromatic carbocycles. The summed E-state index contributed by atoms with van der Waals surface area (Å²) >= 11 is 3.45. The van der Waals surface area contributed by atoms with Gasteiger partial charge in [-0.15, -0.1) is 0 Å². The standard InChI is InChI=1S/C14H17BrN2O2/c1-2-8-17-12-7-6-10(15)9-11(12)16-13(17)4-3-5-14(18)19/h6-7,9H,2-5,8H2,1H3,(H,18,19). The predicted octanol–water partition coefficient (Wildman–Crippen LogP) is 3.62. The van der Waals surface area contributed by atoms with Gasteiger partial charge in [0.1, 0.15) is 5.82 Å². The van der Waals surface area contributed by atoms with Crippen molar-refractivity contribution in [2.24, 2.45) is 0 Å². The first-order chi connectivity index (χ1) is 9.11. The lowest BCUT2D eigenvalue weighted by Crippen LogP contribution is -2.05. The molecule has 19 heavy (non-hydrogen) atoms. The minimum atomic E-state index is -0.749. The molecule has 102 valence electrons. The summed E-state index contributed by atoms with van der Waals surface area (Å²) in [7, 11) is 0. The van der Waals surface area contributed by atoms with Gasteiger partial charge in [-0.1, -0.05) is 22.9 Å². The lowest BCUT2D eigenvalue weighted by Gasteiger charge is -2.07. The molecule has 5 heteroatoms. The SMILES string of the molecule is CCCn1c(CCCC(=O)O)nc2cc(Br)ccc21. The summed E-state index contributed by atoms with van der Waals surface area (Å²) in [6.07, 6.45) is 2.56. The molecule has 1 N–H and O–H groups in total. The van der Waals surface area contributed by atoms with Gasteiger partial charge in [0, 0.05) is 23.9 Å². The zero-order valence-electron chi connectivity index (χ0n) is 10.9. The lowest BCUT2D eigenvalue weighted by molar-refractivity contribution is -0.137. The van der Waals surface area contributed by atoms with Crippen LogP contribution in [0.5, 0.6) is 0 Å². The maximum atomic E-state index is 10.6. The van der Waals surface area contributed by atoms with Crippen LogP contribution in [0.25, 0.3) is 11.0 Å². The molecule has 0 unspecified atom stereocenters. The van der Waals surface area contributed by atoms with Gasteiger partial charge in [0.05, 0.1) is 11.0 Å². The predicted molar refractivity (Wildman–Crippen MR) is 78.3 cm³/mol. The number of halogens is 1. The maximum absolute atomic E-state index is 10.6. The molecule has 0 aliphatic heterocycles. The van der Waals surface area contributed by atoms with Gasteiger partial charge < -0.3 is 9.67 Å². The van der Waals surface area contributed by atoms with Crippen LogP contribution < -0.4 is 0 Å². The molecule has 0 spiro atoms. The monoisotopic (exact) mass is 324 g/mol. The van der Waals surface area contributed by atoms with E-state index in [4.69, 9.17) is 5.11 Å². The van der Waals surface area contributed by atoms with Gasteiger partial charge in [0.2, 0.25) is 0 Å². The Morgan fingerprint density at radius 1 is 1.47 bits per heavy atom. The van der Waals surface area contributed by atoms with Crippen LogP contribution in [0.1, 0.15) is 32.0 Å². The number of hydrogen-bond acceptors (Lipinski definition) is 2. The molecule has 0 amide bonds. The molecule has 0 aliphatic rings. The molecule has 2 rings (SSSR count). The summed E-state index contributed by atoms with van der Waals surface area (Å²) in [5.74, 6) is 0.233. The first kappa shape index (κ1) is 14.1. The molecule has 0 saturated carbocycles. The molecule has 0 aliphatic carbocycles. The van der Waals surface area contributed by atoms with Crippen molar-refractivity contribution in [1.29, 1.82) is 0 Å². The summed E-state index contributed by atoms with van der Waals surface area (Å²) in [4.78, 5) is 15.2. The summed E-state index contributed by atoms with van der Waals surface area (Å²) in [5, 5.41) is 8.71. The molecule has 2 aromatic rings. The highest BCUT2D eigenvalue weighted by atomic mass is 79.9. The fourth-order valence-electron chi connectivity index (χ4n) is 2.21. The van der Waals surface area contributed by atoms with Crippen LogP contribution in [0.2, 0.25) is 0 Å². The largest absolute Gasteiger partial charge is 0.481 e. The minimum absolute atomic E-state index is 0.193. The zero-order valence-corrected chi connectivity index (χ0v) is 12.5. The van der Waals surface area contributed by atoms with E-state index in [1.807, 2.05) is 12.1 Å². The van der Waals surface area contributed by atoms with Crippen LogP contribution in [-0.4, -0.2) is 20.6 Å². The van der Waals surface area contributed by atoms with Crippen molar-refractivity contribution in [3.8, 4) is 0 Å². The molecule has 0 radical (unpaired) electrons. The van der Waals surface area contributed by atoms with E-state index in [1.54, 1.807) is 0 Å². The summed E-state index contributed by atoms with van der Waals surface area (Å²) in [5.41, 5.74) is 2.09. The molecule has 0 saturated heterocycles. The Bertz CT molecular complexity index is 592. The average Bonchev–Trinajstić information content (AvgIpc) is 2.67. The van der Waals surface area contributed by atoms with Crippen molar-refractivity contribution in [3.63, 3.8) is 0 Å². The van der Waals surface area contributed by atoms with E-state index in [0.717, 1.165) is 34.3 Å². The topological polar surface area (TPSA) is 55.1 Å². The second-order valence-corrected chi connectivity index (χ2v) is 5.48. The number of carbonyl (C=O) groups is 1. The number of carboxylic acids is 1. The maximum Gasteiger partial charge on any atom is 0.303 e. The molecule has 0 bridgehead atoms. The smallest absolute Gasteiger partial charge is 0.303 e. The Labute approximate surface area is 120 Å². The van der Waals surface area contributed by atoms with E-state index in [0.29, 0.717) is 12.8 Å². The van der Waals surface area contributed by atoms with E-state index >= 15 is 0 Å². The van der Waals surface area contributed by atoms with Gasteiger partial charge in [-0.05, 0) is 31.0 Å². The Morgan fingerprint density at radius 2 is 2.26 bits per heavy atom. The normalized spacial score (nSPS) is 11.1. The van der Waals surface area contributed by atoms with Gasteiger partial charge in [0.15, 0.2) is 0 Å². The zero-order chi connectivity index (χ0) is 13.8. The van der Waals surface area contributed by atoms with Crippen LogP contribution >= 0.6 is 15.9 Å². The Morgan fingerprint density at radius 3 is 2.95 bits per heavy atom. The molecule has 0 fully saturated rings. The highest BCUT2D eigenvalue weighted by Gasteiger charge is 2.10. The van der Waals surface area contributed by atoms with E-state index < -0.39 is 5.97 Å². The third kappa shape index (κ3) is 3.35. The van der Waals surface area contributed by atoms with Gasteiger partial charge in [-0.25, -0.2) is 4.98 Å². The van der Waals surface area contributed by atoms with E-state index in [-0.39, 0.29) is 6.42 Å². The number of carboxylic acid groups (broad SMARTS) is 1. The summed E-state index contributed by atoms with van der Waals surface area (Å²) < 4.78 is 3.21. The minimum Gasteiger partial charge on any atom is -0.481 e. The van der Waals surface area contributed by atoms with Crippen LogP contribution in [0.4, 0.5) is 0 Å². The first-order valence-corrected chi connectivity index (χ1v) is 7.27. The fourth-order valence-corrected chi connectivity index (χ4v) is 2.56. The third-order valence-electron chi connectivity index (χ3n) is 3.03. The molecule has 1 heterocycles. The summed E-state index contributed by atoms with van der Waals surface area (Å²) in [6, 6.07) is 6.07. The third-order valence-corrected chi connectivity index (χ3v) is 3.52. The lowest BCUT2D eigenvalue weighted by atomic mass is 10.2. The Hall–Kier alpha value is -1.36. The molecule has 0 atom stereocenters. The second kappa shape index (κ2) is 6.19. The number of rotatable bonds is 6. The number of aryl methyl sites for hydroxylation is 2. The average molecular weight is 325 g/mol. The van der Waals surface area contributed by atoms with E-state index in [9.17, 15) is 4.79 Å². The van der Waals surface area contributed by atoms with Crippen LogP contribution in [0.15, 0.2) is 22.7 Å². The van der Waals surface area contributed by atoms with Crippen molar-refractivity contribution in [2.75, 3.05) is 0 Å². The Balaban J connectivity index is 2.30. The van der Waals surface area contributed by atoms with Gasteiger partial charge in [-0.3, -0.25) is 4.79 Å².